The first-order chi connectivity index (χ1) is 13.8. The van der Waals surface area contributed by atoms with Crippen molar-refractivity contribution in [1.29, 1.82) is 0 Å². The highest BCUT2D eigenvalue weighted by molar-refractivity contribution is 6.22. The summed E-state index contributed by atoms with van der Waals surface area (Å²) >= 11 is 0. The monoisotopic (exact) mass is 430 g/mol. The van der Waals surface area contributed by atoms with Gasteiger partial charge in [0, 0.05) is 30.6 Å². The van der Waals surface area contributed by atoms with E-state index in [1.54, 1.807) is 7.05 Å². The summed E-state index contributed by atoms with van der Waals surface area (Å²) in [6.45, 7) is 0. The van der Waals surface area contributed by atoms with Gasteiger partial charge in [0.1, 0.15) is 6.33 Å². The van der Waals surface area contributed by atoms with E-state index in [4.69, 9.17) is 5.73 Å². The fourth-order valence-corrected chi connectivity index (χ4v) is 2.53. The van der Waals surface area contributed by atoms with Crippen molar-refractivity contribution in [2.24, 2.45) is 12.8 Å². The van der Waals surface area contributed by atoms with Crippen LogP contribution in [0.2, 0.25) is 0 Å². The lowest BCUT2D eigenvalue weighted by Gasteiger charge is -2.13. The zero-order valence-corrected chi connectivity index (χ0v) is 15.0. The molecule has 0 saturated heterocycles. The van der Waals surface area contributed by atoms with Gasteiger partial charge in [-0.05, 0) is 18.2 Å². The summed E-state index contributed by atoms with van der Waals surface area (Å²) in [6, 6.07) is 1.03. The SMILES string of the molecule is Cn1cc(C(=Cn2cnc(-c3cc(C(F)(F)F)cc(C(F)(F)F)c3)n2)C(N)=O)cn1. The average Bonchev–Trinajstić information content (AvgIpc) is 3.26. The minimum absolute atomic E-state index is 0.00793. The number of hydrogen-bond donors (Lipinski definition) is 1. The molecule has 0 saturated carbocycles. The number of halogens is 6. The Bertz CT molecular complexity index is 1090. The first-order valence-corrected chi connectivity index (χ1v) is 8.06. The van der Waals surface area contributed by atoms with E-state index in [1.807, 2.05) is 0 Å². The summed E-state index contributed by atoms with van der Waals surface area (Å²) in [6.07, 6.45) is -5.03. The first kappa shape index (κ1) is 21.1. The fourth-order valence-electron chi connectivity index (χ4n) is 2.53. The van der Waals surface area contributed by atoms with E-state index in [2.05, 4.69) is 15.2 Å². The molecular weight excluding hydrogens is 418 g/mol. The summed E-state index contributed by atoms with van der Waals surface area (Å²) in [5.41, 5.74) is 2.13. The van der Waals surface area contributed by atoms with E-state index in [1.165, 1.54) is 17.1 Å². The van der Waals surface area contributed by atoms with Crippen molar-refractivity contribution in [3.05, 3.63) is 53.6 Å². The van der Waals surface area contributed by atoms with Crippen molar-refractivity contribution in [2.75, 3.05) is 0 Å². The number of benzene rings is 1. The molecule has 0 fully saturated rings. The minimum Gasteiger partial charge on any atom is -0.366 e. The van der Waals surface area contributed by atoms with Crippen LogP contribution in [0.5, 0.6) is 0 Å². The molecule has 13 heteroatoms. The molecule has 158 valence electrons. The number of rotatable bonds is 4. The third-order valence-corrected chi connectivity index (χ3v) is 3.90. The Morgan fingerprint density at radius 1 is 1.07 bits per heavy atom. The zero-order valence-electron chi connectivity index (χ0n) is 15.0. The van der Waals surface area contributed by atoms with Crippen LogP contribution in [0.3, 0.4) is 0 Å². The smallest absolute Gasteiger partial charge is 0.366 e. The molecule has 3 aromatic rings. The lowest BCUT2D eigenvalue weighted by Crippen LogP contribution is -2.13. The zero-order chi connectivity index (χ0) is 22.3. The van der Waals surface area contributed by atoms with Crippen LogP contribution in [0.4, 0.5) is 26.3 Å². The lowest BCUT2D eigenvalue weighted by atomic mass is 10.0. The highest BCUT2D eigenvalue weighted by Gasteiger charge is 2.37. The Morgan fingerprint density at radius 2 is 1.67 bits per heavy atom. The molecule has 1 amide bonds. The van der Waals surface area contributed by atoms with Crippen LogP contribution in [-0.4, -0.2) is 30.5 Å². The van der Waals surface area contributed by atoms with E-state index in [-0.39, 0.29) is 11.6 Å². The van der Waals surface area contributed by atoms with E-state index in [9.17, 15) is 31.1 Å². The molecule has 2 aromatic heterocycles. The summed E-state index contributed by atoms with van der Waals surface area (Å²) in [4.78, 5) is 15.4. The van der Waals surface area contributed by atoms with Crippen molar-refractivity contribution in [2.45, 2.75) is 12.4 Å². The molecule has 0 bridgehead atoms. The fraction of sp³-hybridized carbons (Fsp3) is 0.176. The molecule has 3 rings (SSSR count). The van der Waals surface area contributed by atoms with E-state index in [0.717, 1.165) is 17.2 Å². The quantitative estimate of drug-likeness (QED) is 0.508. The van der Waals surface area contributed by atoms with Gasteiger partial charge in [-0.2, -0.15) is 31.4 Å². The van der Waals surface area contributed by atoms with Gasteiger partial charge in [-0.15, -0.1) is 5.10 Å². The van der Waals surface area contributed by atoms with Crippen LogP contribution in [0.15, 0.2) is 36.9 Å². The first-order valence-electron chi connectivity index (χ1n) is 8.06. The van der Waals surface area contributed by atoms with E-state index < -0.39 is 40.8 Å². The average molecular weight is 430 g/mol. The molecule has 1 aromatic carbocycles. The Kier molecular flexibility index (Phi) is 5.14. The van der Waals surface area contributed by atoms with E-state index >= 15 is 0 Å². The van der Waals surface area contributed by atoms with E-state index in [0.29, 0.717) is 17.7 Å². The van der Waals surface area contributed by atoms with Gasteiger partial charge in [0.05, 0.1) is 22.9 Å². The summed E-state index contributed by atoms with van der Waals surface area (Å²) in [5.74, 6) is -1.25. The number of nitrogens with zero attached hydrogens (tertiary/aromatic N) is 5. The number of aryl methyl sites for hydroxylation is 1. The third kappa shape index (κ3) is 4.50. The molecule has 0 radical (unpaired) electrons. The number of nitrogens with two attached hydrogens (primary N) is 1. The molecule has 30 heavy (non-hydrogen) atoms. The molecule has 2 heterocycles. The van der Waals surface area contributed by atoms with Crippen LogP contribution < -0.4 is 5.73 Å². The standard InChI is InChI=1S/C17H12F6N6O/c1-28-6-10(5-26-28)13(14(24)30)7-29-8-25-15(27-29)9-2-11(16(18,19)20)4-12(3-9)17(21,22)23/h2-8H,1H3,(H2,24,30). The minimum atomic E-state index is -5.00. The maximum Gasteiger partial charge on any atom is 0.416 e. The maximum absolute atomic E-state index is 13.0. The van der Waals surface area contributed by atoms with Crippen molar-refractivity contribution in [3.63, 3.8) is 0 Å². The maximum atomic E-state index is 13.0. The number of carbonyl (C=O) groups is 1. The lowest BCUT2D eigenvalue weighted by molar-refractivity contribution is -0.143. The number of aromatic nitrogens is 5. The second kappa shape index (κ2) is 7.31. The van der Waals surface area contributed by atoms with Crippen LogP contribution in [0.1, 0.15) is 16.7 Å². The molecule has 2 N–H and O–H groups in total. The van der Waals surface area contributed by atoms with Gasteiger partial charge in [-0.1, -0.05) is 0 Å². The Balaban J connectivity index is 2.06. The van der Waals surface area contributed by atoms with Crippen molar-refractivity contribution < 1.29 is 31.1 Å². The van der Waals surface area contributed by atoms with Crippen molar-refractivity contribution >= 4 is 17.7 Å². The van der Waals surface area contributed by atoms with Gasteiger partial charge in [0.2, 0.25) is 0 Å². The second-order valence-corrected chi connectivity index (χ2v) is 6.15. The predicted molar refractivity (Wildman–Crippen MR) is 92.0 cm³/mol. The number of hydrogen-bond acceptors (Lipinski definition) is 4. The largest absolute Gasteiger partial charge is 0.416 e. The molecule has 0 spiro atoms. The van der Waals surface area contributed by atoms with Crippen LogP contribution >= 0.6 is 0 Å². The molecule has 7 nitrogen and oxygen atoms in total. The van der Waals surface area contributed by atoms with Crippen LogP contribution in [0, 0.1) is 0 Å². The summed E-state index contributed by atoms with van der Waals surface area (Å²) in [5, 5.41) is 7.73. The molecule has 0 aliphatic rings. The van der Waals surface area contributed by atoms with Crippen LogP contribution in [-0.2, 0) is 24.2 Å². The third-order valence-electron chi connectivity index (χ3n) is 3.90. The molecule has 0 atom stereocenters. The van der Waals surface area contributed by atoms with Gasteiger partial charge >= 0.3 is 12.4 Å². The number of carbonyl (C=O) groups excluding carboxylic acids is 1. The highest BCUT2D eigenvalue weighted by atomic mass is 19.4. The van der Waals surface area contributed by atoms with Gasteiger partial charge in [0.25, 0.3) is 5.91 Å². The molecule has 0 aliphatic carbocycles. The van der Waals surface area contributed by atoms with Gasteiger partial charge in [-0.3, -0.25) is 9.48 Å². The van der Waals surface area contributed by atoms with Gasteiger partial charge in [0.15, 0.2) is 5.82 Å². The number of amides is 1. The summed E-state index contributed by atoms with van der Waals surface area (Å²) < 4.78 is 80.5. The topological polar surface area (TPSA) is 91.6 Å². The number of alkyl halides is 6. The van der Waals surface area contributed by atoms with Gasteiger partial charge in [-0.25, -0.2) is 9.67 Å². The van der Waals surface area contributed by atoms with Gasteiger partial charge < -0.3 is 5.73 Å². The Labute approximate surface area is 164 Å². The molecule has 0 unspecified atom stereocenters. The molecule has 0 aliphatic heterocycles. The predicted octanol–water partition coefficient (Wildman–Crippen LogP) is 3.20. The Morgan fingerprint density at radius 3 is 2.13 bits per heavy atom. The van der Waals surface area contributed by atoms with Crippen molar-refractivity contribution in [1.82, 2.24) is 24.5 Å². The van der Waals surface area contributed by atoms with Crippen LogP contribution in [0.25, 0.3) is 23.2 Å². The van der Waals surface area contributed by atoms with Crippen molar-refractivity contribution in [3.8, 4) is 11.4 Å². The highest BCUT2D eigenvalue weighted by Crippen LogP contribution is 2.38. The normalized spacial score (nSPS) is 13.0. The Hall–Kier alpha value is -3.64. The summed E-state index contributed by atoms with van der Waals surface area (Å²) in [7, 11) is 1.60. The second-order valence-electron chi connectivity index (χ2n) is 6.15. The molecular formula is C17H12F6N6O. The number of primary amides is 1.